The number of benzene rings is 3. The first-order valence-electron chi connectivity index (χ1n) is 24.0. The van der Waals surface area contributed by atoms with Gasteiger partial charge in [-0.3, -0.25) is 38.4 Å². The fourth-order valence-corrected chi connectivity index (χ4v) is 7.46. The van der Waals surface area contributed by atoms with Crippen molar-refractivity contribution in [3.63, 3.8) is 0 Å². The van der Waals surface area contributed by atoms with Crippen molar-refractivity contribution < 1.29 is 63.2 Å². The van der Waals surface area contributed by atoms with Gasteiger partial charge >= 0.3 is 5.97 Å². The van der Waals surface area contributed by atoms with Gasteiger partial charge in [0, 0.05) is 19.5 Å². The van der Waals surface area contributed by atoms with E-state index >= 15 is 0 Å². The number of aliphatic hydroxyl groups is 2. The summed E-state index contributed by atoms with van der Waals surface area (Å²) in [6.07, 6.45) is 6.76. The lowest BCUT2D eigenvalue weighted by molar-refractivity contribution is -0.152. The maximum atomic E-state index is 14.7. The number of rotatable bonds is 15. The smallest absolute Gasteiger partial charge is 0.331 e. The van der Waals surface area contributed by atoms with E-state index in [1.165, 1.54) is 43.5 Å². The lowest BCUT2D eigenvalue weighted by Gasteiger charge is -2.29. The Morgan fingerprint density at radius 2 is 1.38 bits per heavy atom. The van der Waals surface area contributed by atoms with Gasteiger partial charge in [0.1, 0.15) is 48.3 Å². The van der Waals surface area contributed by atoms with Crippen LogP contribution in [0.1, 0.15) is 75.6 Å². The van der Waals surface area contributed by atoms with Crippen LogP contribution in [0.15, 0.2) is 96.7 Å². The Bertz CT molecular complexity index is 2560. The van der Waals surface area contributed by atoms with Crippen LogP contribution >= 0.6 is 0 Å². The molecule has 1 saturated heterocycles. The predicted molar refractivity (Wildman–Crippen MR) is 273 cm³/mol. The van der Waals surface area contributed by atoms with Crippen molar-refractivity contribution in [3.05, 3.63) is 119 Å². The number of esters is 1. The minimum absolute atomic E-state index is 0.0199. The Morgan fingerprint density at radius 1 is 0.784 bits per heavy atom. The molecule has 11 N–H and O–H groups in total. The molecule has 1 heterocycles. The fourth-order valence-electron chi connectivity index (χ4n) is 7.46. The minimum atomic E-state index is -1.92. The molecule has 1 aliphatic heterocycles. The molecule has 0 saturated carbocycles. The molecule has 0 aromatic heterocycles. The fraction of sp³-hybridized carbons (Fsp3) is 0.377. The van der Waals surface area contributed by atoms with Crippen LogP contribution in [0.2, 0.25) is 0 Å². The van der Waals surface area contributed by atoms with Gasteiger partial charge in [-0.2, -0.15) is 0 Å². The average molecular weight is 1020 g/mol. The Labute approximate surface area is 429 Å². The van der Waals surface area contributed by atoms with Crippen LogP contribution in [0.4, 0.5) is 0 Å². The van der Waals surface area contributed by atoms with Crippen LogP contribution in [0, 0.1) is 5.92 Å². The Morgan fingerprint density at radius 3 is 1.99 bits per heavy atom. The van der Waals surface area contributed by atoms with E-state index in [0.29, 0.717) is 11.1 Å². The zero-order valence-electron chi connectivity index (χ0n) is 41.9. The standard InChI is InChI=1S/C53H66N8O13/c1-6-7-9-16-35-17-12-13-18-36(35)21-24-45(66)55-42-30-74-53(73)41(29-62)59-48(68)40(28-44(54)65)58-51(71)46(32(4)63)60-49(69)39(26-33-14-10-8-11-15-33)56-47(67)38(25-31(2)3)57-50(70)43(61(5)52(42)72)27-34-19-22-37(64)23-20-34/h8-24,27,31-32,38-42,46,62-64H,6-7,25-26,28-30H2,1-5H3,(H2,54,65)(H,55,66)(H,56,67)(H,57,70)(H,58,71)(H,59,68)(H,60,69)/b16-9-,24-21+,43-27+/t32-,38-,39+,40-,41-,42-,46-/m0/s1. The van der Waals surface area contributed by atoms with Gasteiger partial charge in [0.05, 0.1) is 19.1 Å². The van der Waals surface area contributed by atoms with Crippen molar-refractivity contribution in [1.82, 2.24) is 36.8 Å². The normalized spacial score (nSPS) is 22.2. The lowest BCUT2D eigenvalue weighted by Crippen LogP contribution is -2.62. The minimum Gasteiger partial charge on any atom is -0.508 e. The SMILES string of the molecule is CCC/C=C\c1ccccc1/C=C/C(=O)N[C@H]1COC(=O)[C@H](CO)NC(=O)[C@H](CC(N)=O)NC(=O)[C@H]([C@H](C)O)NC(=O)[C@@H](Cc2ccccc2)NC(=O)[C@H](CC(C)C)NC(=O)/C(=C\c2ccc(O)cc2)N(C)C1=O. The molecular weight excluding hydrogens is 957 g/mol. The summed E-state index contributed by atoms with van der Waals surface area (Å²) < 4.78 is 5.42. The van der Waals surface area contributed by atoms with E-state index in [-0.39, 0.29) is 30.1 Å². The molecule has 21 nitrogen and oxygen atoms in total. The molecule has 21 heteroatoms. The van der Waals surface area contributed by atoms with Crippen molar-refractivity contribution in [1.29, 1.82) is 0 Å². The Kier molecular flexibility index (Phi) is 22.7. The quantitative estimate of drug-likeness (QED) is 0.0743. The first-order valence-corrected chi connectivity index (χ1v) is 24.0. The van der Waals surface area contributed by atoms with Gasteiger partial charge in [0.15, 0.2) is 6.04 Å². The zero-order valence-corrected chi connectivity index (χ0v) is 41.9. The predicted octanol–water partition coefficient (Wildman–Crippen LogP) is 0.721. The van der Waals surface area contributed by atoms with Crippen LogP contribution in [0.3, 0.4) is 0 Å². The van der Waals surface area contributed by atoms with E-state index in [1.54, 1.807) is 56.3 Å². The van der Waals surface area contributed by atoms with Gasteiger partial charge in [0.25, 0.3) is 11.8 Å². The third-order valence-corrected chi connectivity index (χ3v) is 11.4. The zero-order chi connectivity index (χ0) is 54.5. The summed E-state index contributed by atoms with van der Waals surface area (Å²) in [6.45, 7) is 4.62. The van der Waals surface area contributed by atoms with Gasteiger partial charge in [-0.15, -0.1) is 0 Å². The number of phenolic OH excluding ortho intramolecular Hbond substituents is 1. The molecule has 74 heavy (non-hydrogen) atoms. The molecule has 7 atom stereocenters. The molecule has 0 bridgehead atoms. The number of phenols is 1. The molecule has 0 aliphatic carbocycles. The van der Waals surface area contributed by atoms with Crippen molar-refractivity contribution in [2.45, 2.75) is 102 Å². The number of hydrogen-bond acceptors (Lipinski definition) is 13. The number of allylic oxidation sites excluding steroid dienone is 1. The summed E-state index contributed by atoms with van der Waals surface area (Å²) in [5.74, 6) is -10.1. The number of unbranched alkanes of at least 4 members (excludes halogenated alkanes) is 1. The topological polar surface area (TPSA) is 325 Å². The summed E-state index contributed by atoms with van der Waals surface area (Å²) in [7, 11) is 1.18. The van der Waals surface area contributed by atoms with Crippen molar-refractivity contribution >= 4 is 71.5 Å². The van der Waals surface area contributed by atoms with Crippen LogP contribution in [0.25, 0.3) is 18.2 Å². The highest BCUT2D eigenvalue weighted by Gasteiger charge is 2.37. The number of nitrogens with two attached hydrogens (primary N) is 1. The highest BCUT2D eigenvalue weighted by Crippen LogP contribution is 2.18. The molecule has 8 amide bonds. The average Bonchev–Trinajstić information content (AvgIpc) is 3.36. The van der Waals surface area contributed by atoms with E-state index in [1.807, 2.05) is 31.2 Å². The number of cyclic esters (lactones) is 1. The second-order valence-electron chi connectivity index (χ2n) is 18.0. The van der Waals surface area contributed by atoms with E-state index < -0.39 is 121 Å². The van der Waals surface area contributed by atoms with Crippen LogP contribution < -0.4 is 37.6 Å². The molecule has 0 spiro atoms. The molecule has 0 radical (unpaired) electrons. The van der Waals surface area contributed by atoms with E-state index in [9.17, 15) is 58.5 Å². The van der Waals surface area contributed by atoms with E-state index in [2.05, 4.69) is 31.9 Å². The van der Waals surface area contributed by atoms with Gasteiger partial charge in [-0.1, -0.05) is 106 Å². The number of carbonyl (C=O) groups excluding carboxylic acids is 9. The third-order valence-electron chi connectivity index (χ3n) is 11.4. The van der Waals surface area contributed by atoms with Crippen molar-refractivity contribution in [2.24, 2.45) is 11.7 Å². The van der Waals surface area contributed by atoms with Gasteiger partial charge in [0.2, 0.25) is 35.4 Å². The number of primary amides is 1. The molecule has 0 unspecified atom stereocenters. The number of hydrogen-bond donors (Lipinski definition) is 10. The third kappa shape index (κ3) is 18.1. The van der Waals surface area contributed by atoms with Crippen LogP contribution in [-0.4, -0.2) is 136 Å². The van der Waals surface area contributed by atoms with E-state index in [0.717, 1.165) is 36.3 Å². The lowest BCUT2D eigenvalue weighted by atomic mass is 10.00. The summed E-state index contributed by atoms with van der Waals surface area (Å²) in [4.78, 5) is 126. The number of aromatic hydroxyl groups is 1. The molecule has 1 fully saturated rings. The Balaban J connectivity index is 1.88. The number of nitrogens with one attached hydrogen (secondary N) is 6. The summed E-state index contributed by atoms with van der Waals surface area (Å²) in [5, 5.41) is 45.8. The molecule has 3 aromatic carbocycles. The van der Waals surface area contributed by atoms with Crippen LogP contribution in [0.5, 0.6) is 5.75 Å². The second-order valence-corrected chi connectivity index (χ2v) is 18.0. The van der Waals surface area contributed by atoms with E-state index in [4.69, 9.17) is 10.5 Å². The monoisotopic (exact) mass is 1020 g/mol. The number of likely N-dealkylation sites (N-methyl/N-ethyl adjacent to an activating group) is 1. The van der Waals surface area contributed by atoms with Crippen molar-refractivity contribution in [2.75, 3.05) is 20.3 Å². The Hall–Kier alpha value is -8.17. The number of aliphatic hydroxyl groups excluding tert-OH is 2. The van der Waals surface area contributed by atoms with Gasteiger partial charge in [-0.25, -0.2) is 4.79 Å². The molecule has 396 valence electrons. The van der Waals surface area contributed by atoms with Gasteiger partial charge in [-0.05, 0) is 72.2 Å². The first-order chi connectivity index (χ1) is 35.2. The number of amides is 8. The summed E-state index contributed by atoms with van der Waals surface area (Å²) in [5.41, 5.74) is 7.27. The largest absolute Gasteiger partial charge is 0.508 e. The number of nitrogens with zero attached hydrogens (tertiary/aromatic N) is 1. The highest BCUT2D eigenvalue weighted by atomic mass is 16.5. The van der Waals surface area contributed by atoms with Crippen LogP contribution in [-0.2, 0) is 54.3 Å². The maximum Gasteiger partial charge on any atom is 0.331 e. The number of carbonyl (C=O) groups is 9. The molecule has 4 rings (SSSR count). The van der Waals surface area contributed by atoms with Gasteiger partial charge < -0.3 is 62.6 Å². The maximum absolute atomic E-state index is 14.7. The second kappa shape index (κ2) is 28.8. The molecular formula is C53H66N8O13. The highest BCUT2D eigenvalue weighted by molar-refractivity contribution is 6.05. The summed E-state index contributed by atoms with van der Waals surface area (Å²) in [6, 6.07) is 10.8. The molecule has 3 aromatic rings. The molecule has 1 aliphatic rings. The summed E-state index contributed by atoms with van der Waals surface area (Å²) >= 11 is 0. The first kappa shape index (κ1) is 58.4. The number of ether oxygens (including phenoxy) is 1. The van der Waals surface area contributed by atoms with Crippen molar-refractivity contribution in [3.8, 4) is 5.75 Å².